The van der Waals surface area contributed by atoms with Crippen LogP contribution < -0.4 is 5.32 Å². The largest absolute Gasteiger partial charge is 0.322 e. The summed E-state index contributed by atoms with van der Waals surface area (Å²) in [6.45, 7) is 5.75. The second-order valence-corrected chi connectivity index (χ2v) is 6.38. The summed E-state index contributed by atoms with van der Waals surface area (Å²) in [7, 11) is 0. The van der Waals surface area contributed by atoms with Crippen LogP contribution in [0.15, 0.2) is 18.2 Å². The molecule has 4 nitrogen and oxygen atoms in total. The molecule has 3 rings (SSSR count). The van der Waals surface area contributed by atoms with Gasteiger partial charge in [0.15, 0.2) is 0 Å². The number of nitrogens with one attached hydrogen (secondary N) is 1. The highest BCUT2D eigenvalue weighted by Gasteiger charge is 2.31. The molecule has 0 unspecified atom stereocenters. The van der Waals surface area contributed by atoms with Crippen LogP contribution in [0, 0.1) is 6.92 Å². The smallest absolute Gasteiger partial charge is 0.321 e. The number of hydrogen-bond acceptors (Lipinski definition) is 2. The van der Waals surface area contributed by atoms with Gasteiger partial charge in [-0.15, -0.1) is 0 Å². The third kappa shape index (κ3) is 3.16. The first-order valence-electron chi connectivity index (χ1n) is 7.70. The number of fused-ring (bicyclic) bond motifs is 1. The van der Waals surface area contributed by atoms with Crippen LogP contribution in [-0.2, 0) is 0 Å². The van der Waals surface area contributed by atoms with Crippen molar-refractivity contribution >= 4 is 23.3 Å². The Morgan fingerprint density at radius 2 is 2.14 bits per heavy atom. The topological polar surface area (TPSA) is 35.6 Å². The summed E-state index contributed by atoms with van der Waals surface area (Å²) in [4.78, 5) is 16.9. The van der Waals surface area contributed by atoms with E-state index in [1.54, 1.807) is 0 Å². The Bertz CT molecular complexity index is 534. The van der Waals surface area contributed by atoms with E-state index in [-0.39, 0.29) is 6.03 Å². The summed E-state index contributed by atoms with van der Waals surface area (Å²) in [6.07, 6.45) is 3.79. The minimum atomic E-state index is -0.00871. The van der Waals surface area contributed by atoms with E-state index in [4.69, 9.17) is 11.6 Å². The molecule has 2 amide bonds. The molecule has 1 aromatic rings. The SMILES string of the molecule is Cc1c(Cl)cccc1NC(=O)N1CCN2CCCC[C@@H]2C1. The number of carbonyl (C=O) groups is 1. The molecule has 0 aromatic heterocycles. The van der Waals surface area contributed by atoms with E-state index in [1.807, 2.05) is 30.0 Å². The van der Waals surface area contributed by atoms with E-state index in [0.29, 0.717) is 11.1 Å². The molecule has 0 aliphatic carbocycles. The molecule has 1 N–H and O–H groups in total. The number of anilines is 1. The van der Waals surface area contributed by atoms with Gasteiger partial charge in [-0.05, 0) is 44.0 Å². The highest BCUT2D eigenvalue weighted by Crippen LogP contribution is 2.25. The number of amides is 2. The summed E-state index contributed by atoms with van der Waals surface area (Å²) in [5.41, 5.74) is 1.72. The molecular formula is C16H22ClN3O. The van der Waals surface area contributed by atoms with Gasteiger partial charge in [-0.1, -0.05) is 24.1 Å². The molecule has 5 heteroatoms. The van der Waals surface area contributed by atoms with Crippen molar-refractivity contribution in [1.82, 2.24) is 9.80 Å². The number of carbonyl (C=O) groups excluding carboxylic acids is 1. The fourth-order valence-electron chi connectivity index (χ4n) is 3.28. The third-order valence-corrected chi connectivity index (χ3v) is 5.04. The molecule has 2 aliphatic heterocycles. The maximum Gasteiger partial charge on any atom is 0.321 e. The fraction of sp³-hybridized carbons (Fsp3) is 0.562. The van der Waals surface area contributed by atoms with E-state index in [2.05, 4.69) is 10.2 Å². The minimum Gasteiger partial charge on any atom is -0.322 e. The van der Waals surface area contributed by atoms with Gasteiger partial charge in [0, 0.05) is 36.4 Å². The lowest BCUT2D eigenvalue weighted by atomic mass is 10.00. The van der Waals surface area contributed by atoms with Gasteiger partial charge in [0.25, 0.3) is 0 Å². The Balaban J connectivity index is 1.64. The number of urea groups is 1. The summed E-state index contributed by atoms with van der Waals surface area (Å²) in [5, 5.41) is 3.69. The van der Waals surface area contributed by atoms with Gasteiger partial charge in [-0.25, -0.2) is 4.79 Å². The molecule has 1 atom stereocenters. The number of halogens is 1. The van der Waals surface area contributed by atoms with Crippen LogP contribution in [0.3, 0.4) is 0 Å². The predicted octanol–water partition coefficient (Wildman–Crippen LogP) is 3.35. The Morgan fingerprint density at radius 1 is 1.29 bits per heavy atom. The normalized spacial score (nSPS) is 22.8. The first-order chi connectivity index (χ1) is 10.1. The molecule has 21 heavy (non-hydrogen) atoms. The van der Waals surface area contributed by atoms with Crippen molar-refractivity contribution < 1.29 is 4.79 Å². The average Bonchev–Trinajstić information content (AvgIpc) is 2.51. The zero-order valence-corrected chi connectivity index (χ0v) is 13.2. The van der Waals surface area contributed by atoms with Gasteiger partial charge in [-0.3, -0.25) is 4.90 Å². The molecule has 0 radical (unpaired) electrons. The quantitative estimate of drug-likeness (QED) is 0.863. The van der Waals surface area contributed by atoms with Crippen molar-refractivity contribution in [2.75, 3.05) is 31.5 Å². The highest BCUT2D eigenvalue weighted by molar-refractivity contribution is 6.31. The van der Waals surface area contributed by atoms with Crippen LogP contribution in [0.4, 0.5) is 10.5 Å². The molecule has 2 saturated heterocycles. The Kier molecular flexibility index (Phi) is 4.36. The molecule has 2 heterocycles. The number of piperidine rings is 1. The summed E-state index contributed by atoms with van der Waals surface area (Å²) < 4.78 is 0. The number of benzene rings is 1. The van der Waals surface area contributed by atoms with Crippen LogP contribution in [-0.4, -0.2) is 48.1 Å². The highest BCUT2D eigenvalue weighted by atomic mass is 35.5. The van der Waals surface area contributed by atoms with Crippen LogP contribution in [0.5, 0.6) is 0 Å². The maximum atomic E-state index is 12.5. The minimum absolute atomic E-state index is 0.00871. The van der Waals surface area contributed by atoms with E-state index < -0.39 is 0 Å². The van der Waals surface area contributed by atoms with Gasteiger partial charge in [0.1, 0.15) is 0 Å². The van der Waals surface area contributed by atoms with Crippen LogP contribution in [0.25, 0.3) is 0 Å². The van der Waals surface area contributed by atoms with E-state index in [0.717, 1.165) is 30.9 Å². The van der Waals surface area contributed by atoms with Gasteiger partial charge in [0.2, 0.25) is 0 Å². The van der Waals surface area contributed by atoms with Crippen molar-refractivity contribution in [3.63, 3.8) is 0 Å². The first kappa shape index (κ1) is 14.7. The molecule has 0 spiro atoms. The third-order valence-electron chi connectivity index (χ3n) is 4.63. The Morgan fingerprint density at radius 3 is 3.00 bits per heavy atom. The predicted molar refractivity (Wildman–Crippen MR) is 86.0 cm³/mol. The summed E-state index contributed by atoms with van der Waals surface area (Å²) in [5.74, 6) is 0. The van der Waals surface area contributed by atoms with Gasteiger partial charge < -0.3 is 10.2 Å². The molecule has 0 saturated carbocycles. The number of hydrogen-bond donors (Lipinski definition) is 1. The number of piperazine rings is 1. The van der Waals surface area contributed by atoms with Gasteiger partial charge in [-0.2, -0.15) is 0 Å². The molecule has 114 valence electrons. The molecular weight excluding hydrogens is 286 g/mol. The second kappa shape index (κ2) is 6.24. The first-order valence-corrected chi connectivity index (χ1v) is 8.08. The van der Waals surface area contributed by atoms with Crippen LogP contribution >= 0.6 is 11.6 Å². The maximum absolute atomic E-state index is 12.5. The lowest BCUT2D eigenvalue weighted by Crippen LogP contribution is -2.56. The Labute approximate surface area is 131 Å². The summed E-state index contributed by atoms with van der Waals surface area (Å²) in [6, 6.07) is 6.14. The lowest BCUT2D eigenvalue weighted by molar-refractivity contribution is 0.0678. The molecule has 0 bridgehead atoms. The van der Waals surface area contributed by atoms with E-state index in [9.17, 15) is 4.79 Å². The van der Waals surface area contributed by atoms with Crippen molar-refractivity contribution in [1.29, 1.82) is 0 Å². The van der Waals surface area contributed by atoms with Crippen molar-refractivity contribution in [3.8, 4) is 0 Å². The number of rotatable bonds is 1. The fourth-order valence-corrected chi connectivity index (χ4v) is 3.45. The average molecular weight is 308 g/mol. The molecule has 2 fully saturated rings. The van der Waals surface area contributed by atoms with Gasteiger partial charge >= 0.3 is 6.03 Å². The zero-order chi connectivity index (χ0) is 14.8. The molecule has 1 aromatic carbocycles. The Hall–Kier alpha value is -1.26. The standard InChI is InChI=1S/C16H22ClN3O/c1-12-14(17)6-4-7-15(12)18-16(21)20-10-9-19-8-3-2-5-13(19)11-20/h4,6-7,13H,2-3,5,8-11H2,1H3,(H,18,21)/t13-/m1/s1. The van der Waals surface area contributed by atoms with Crippen LogP contribution in [0.1, 0.15) is 24.8 Å². The van der Waals surface area contributed by atoms with Crippen LogP contribution in [0.2, 0.25) is 5.02 Å². The molecule has 2 aliphatic rings. The monoisotopic (exact) mass is 307 g/mol. The van der Waals surface area contributed by atoms with E-state index in [1.165, 1.54) is 25.8 Å². The zero-order valence-electron chi connectivity index (χ0n) is 12.4. The van der Waals surface area contributed by atoms with Gasteiger partial charge in [0.05, 0.1) is 0 Å². The number of nitrogens with zero attached hydrogens (tertiary/aromatic N) is 2. The van der Waals surface area contributed by atoms with Crippen molar-refractivity contribution in [3.05, 3.63) is 28.8 Å². The van der Waals surface area contributed by atoms with Crippen molar-refractivity contribution in [2.24, 2.45) is 0 Å². The van der Waals surface area contributed by atoms with Crippen molar-refractivity contribution in [2.45, 2.75) is 32.2 Å². The second-order valence-electron chi connectivity index (χ2n) is 5.97. The summed E-state index contributed by atoms with van der Waals surface area (Å²) >= 11 is 6.10. The lowest BCUT2D eigenvalue weighted by Gasteiger charge is -2.43. The van der Waals surface area contributed by atoms with E-state index >= 15 is 0 Å².